The first-order chi connectivity index (χ1) is 15.9. The maximum atomic E-state index is 13.2. The van der Waals surface area contributed by atoms with Gasteiger partial charge in [-0.2, -0.15) is 5.26 Å². The molecular weight excluding hydrogens is 422 g/mol. The molecule has 0 bridgehead atoms. The van der Waals surface area contributed by atoms with Gasteiger partial charge in [0.1, 0.15) is 17.3 Å². The van der Waals surface area contributed by atoms with E-state index in [1.165, 1.54) is 13.2 Å². The van der Waals surface area contributed by atoms with Crippen molar-refractivity contribution in [2.45, 2.75) is 25.2 Å². The van der Waals surface area contributed by atoms with Gasteiger partial charge in [0, 0.05) is 23.8 Å². The number of nitriles is 1. The van der Waals surface area contributed by atoms with Crippen LogP contribution in [0.3, 0.4) is 0 Å². The predicted molar refractivity (Wildman–Crippen MR) is 122 cm³/mol. The SMILES string of the molecule is COc1ccc(OC)c(N2C(N)=C(C#N)[C@@H](c3ccc(OC)c(O)c3)C3=C2CCCC3=O)c1. The van der Waals surface area contributed by atoms with Crippen LogP contribution in [0, 0.1) is 11.3 Å². The lowest BCUT2D eigenvalue weighted by Gasteiger charge is -2.40. The van der Waals surface area contributed by atoms with Crippen molar-refractivity contribution in [2.24, 2.45) is 5.73 Å². The van der Waals surface area contributed by atoms with Crippen molar-refractivity contribution in [3.05, 3.63) is 64.6 Å². The lowest BCUT2D eigenvalue weighted by Crippen LogP contribution is -2.38. The number of anilines is 1. The van der Waals surface area contributed by atoms with Crippen LogP contribution in [-0.2, 0) is 4.79 Å². The Labute approximate surface area is 192 Å². The highest BCUT2D eigenvalue weighted by molar-refractivity contribution is 6.01. The van der Waals surface area contributed by atoms with Crippen LogP contribution in [0.5, 0.6) is 23.0 Å². The summed E-state index contributed by atoms with van der Waals surface area (Å²) in [6.45, 7) is 0. The van der Waals surface area contributed by atoms with E-state index < -0.39 is 5.92 Å². The molecule has 1 aliphatic heterocycles. The second-order valence-corrected chi connectivity index (χ2v) is 7.79. The van der Waals surface area contributed by atoms with Crippen molar-refractivity contribution in [1.29, 1.82) is 5.26 Å². The first-order valence-electron chi connectivity index (χ1n) is 10.5. The second-order valence-electron chi connectivity index (χ2n) is 7.79. The van der Waals surface area contributed by atoms with E-state index in [1.807, 2.05) is 0 Å². The number of ketones is 1. The van der Waals surface area contributed by atoms with Gasteiger partial charge in [0.2, 0.25) is 0 Å². The zero-order chi connectivity index (χ0) is 23.7. The molecule has 33 heavy (non-hydrogen) atoms. The minimum atomic E-state index is -0.692. The van der Waals surface area contributed by atoms with Gasteiger partial charge < -0.3 is 25.1 Å². The van der Waals surface area contributed by atoms with E-state index in [4.69, 9.17) is 19.9 Å². The molecule has 8 nitrogen and oxygen atoms in total. The van der Waals surface area contributed by atoms with E-state index in [2.05, 4.69) is 6.07 Å². The number of aromatic hydroxyl groups is 1. The lowest BCUT2D eigenvalue weighted by atomic mass is 9.75. The number of phenols is 1. The largest absolute Gasteiger partial charge is 0.504 e. The fourth-order valence-corrected chi connectivity index (χ4v) is 4.55. The highest BCUT2D eigenvalue weighted by atomic mass is 16.5. The van der Waals surface area contributed by atoms with E-state index in [0.29, 0.717) is 53.3 Å². The van der Waals surface area contributed by atoms with E-state index in [1.54, 1.807) is 49.5 Å². The Morgan fingerprint density at radius 3 is 2.42 bits per heavy atom. The Morgan fingerprint density at radius 2 is 1.79 bits per heavy atom. The number of allylic oxidation sites excluding steroid dienone is 3. The number of rotatable bonds is 5. The molecule has 0 fully saturated rings. The molecule has 1 aliphatic carbocycles. The van der Waals surface area contributed by atoms with Gasteiger partial charge in [0.15, 0.2) is 17.3 Å². The second kappa shape index (κ2) is 8.79. The van der Waals surface area contributed by atoms with Gasteiger partial charge >= 0.3 is 0 Å². The smallest absolute Gasteiger partial charge is 0.161 e. The molecule has 2 aliphatic rings. The van der Waals surface area contributed by atoms with Crippen molar-refractivity contribution in [3.63, 3.8) is 0 Å². The highest BCUT2D eigenvalue weighted by Crippen LogP contribution is 2.49. The number of hydrogen-bond acceptors (Lipinski definition) is 8. The van der Waals surface area contributed by atoms with Crippen LogP contribution >= 0.6 is 0 Å². The number of nitrogens with two attached hydrogens (primary N) is 1. The quantitative estimate of drug-likeness (QED) is 0.712. The van der Waals surface area contributed by atoms with Gasteiger partial charge in [-0.15, -0.1) is 0 Å². The van der Waals surface area contributed by atoms with Crippen LogP contribution in [-0.4, -0.2) is 32.2 Å². The number of carbonyl (C=O) groups excluding carboxylic acids is 1. The first-order valence-corrected chi connectivity index (χ1v) is 10.5. The minimum Gasteiger partial charge on any atom is -0.504 e. The molecule has 0 aromatic heterocycles. The number of benzene rings is 2. The van der Waals surface area contributed by atoms with Crippen LogP contribution < -0.4 is 24.8 Å². The summed E-state index contributed by atoms with van der Waals surface area (Å²) in [6.07, 6.45) is 1.63. The Hall–Kier alpha value is -4.12. The van der Waals surface area contributed by atoms with Gasteiger partial charge in [-0.3, -0.25) is 9.69 Å². The molecule has 0 unspecified atom stereocenters. The number of methoxy groups -OCH3 is 3. The van der Waals surface area contributed by atoms with Crippen molar-refractivity contribution >= 4 is 11.5 Å². The van der Waals surface area contributed by atoms with Crippen molar-refractivity contribution in [1.82, 2.24) is 0 Å². The molecule has 2 aromatic carbocycles. The van der Waals surface area contributed by atoms with Crippen molar-refractivity contribution in [3.8, 4) is 29.1 Å². The number of ether oxygens (including phenoxy) is 3. The van der Waals surface area contributed by atoms with Crippen LogP contribution in [0.4, 0.5) is 5.69 Å². The van der Waals surface area contributed by atoms with Crippen LogP contribution in [0.15, 0.2) is 59.1 Å². The molecule has 0 saturated heterocycles. The summed E-state index contributed by atoms with van der Waals surface area (Å²) in [6, 6.07) is 12.4. The molecule has 0 saturated carbocycles. The highest BCUT2D eigenvalue weighted by Gasteiger charge is 2.41. The van der Waals surface area contributed by atoms with E-state index in [-0.39, 0.29) is 22.9 Å². The lowest BCUT2D eigenvalue weighted by molar-refractivity contribution is -0.116. The zero-order valence-electron chi connectivity index (χ0n) is 18.7. The van der Waals surface area contributed by atoms with E-state index in [0.717, 1.165) is 5.70 Å². The Bertz CT molecular complexity index is 1230. The predicted octanol–water partition coefficient (Wildman–Crippen LogP) is 3.72. The number of phenolic OH excluding ortho intramolecular Hbond substituents is 1. The minimum absolute atomic E-state index is 0.0522. The Kier molecular flexibility index (Phi) is 5.88. The summed E-state index contributed by atoms with van der Waals surface area (Å²) in [5.74, 6) is 0.805. The van der Waals surface area contributed by atoms with Crippen molar-refractivity contribution in [2.75, 3.05) is 26.2 Å². The summed E-state index contributed by atoms with van der Waals surface area (Å²) in [7, 11) is 4.56. The van der Waals surface area contributed by atoms with Crippen LogP contribution in [0.25, 0.3) is 0 Å². The number of carbonyl (C=O) groups is 1. The van der Waals surface area contributed by atoms with E-state index >= 15 is 0 Å². The first kappa shape index (κ1) is 22.1. The third kappa shape index (κ3) is 3.61. The normalized spacial score (nSPS) is 18.1. The number of Topliss-reactive ketones (excluding diaryl/α,β-unsaturated/α-hetero) is 1. The summed E-state index contributed by atoms with van der Waals surface area (Å²) in [5, 5.41) is 20.5. The fourth-order valence-electron chi connectivity index (χ4n) is 4.55. The molecular formula is C25H25N3O5. The molecule has 0 radical (unpaired) electrons. The molecule has 1 atom stereocenters. The monoisotopic (exact) mass is 447 g/mol. The summed E-state index contributed by atoms with van der Waals surface area (Å²) >= 11 is 0. The maximum absolute atomic E-state index is 13.2. The topological polar surface area (TPSA) is 118 Å². The average Bonchev–Trinajstić information content (AvgIpc) is 2.83. The van der Waals surface area contributed by atoms with Gasteiger partial charge in [-0.25, -0.2) is 0 Å². The molecule has 0 spiro atoms. The third-order valence-corrected chi connectivity index (χ3v) is 6.08. The zero-order valence-corrected chi connectivity index (χ0v) is 18.7. The van der Waals surface area contributed by atoms with Crippen molar-refractivity contribution < 1.29 is 24.1 Å². The molecule has 8 heteroatoms. The Balaban J connectivity index is 1.98. The standard InChI is InChI=1S/C25H25N3O5/c1-31-15-8-10-21(32-2)18(12-15)28-17-5-4-6-19(29)24(17)23(16(13-26)25(28)27)14-7-9-22(33-3)20(30)11-14/h7-12,23,30H,4-6,27H2,1-3H3/t23-/m1/s1. The fraction of sp³-hybridized carbons (Fsp3) is 0.280. The molecule has 2 aromatic rings. The summed E-state index contributed by atoms with van der Waals surface area (Å²) < 4.78 is 16.1. The molecule has 4 rings (SSSR count). The van der Waals surface area contributed by atoms with Gasteiger partial charge in [-0.05, 0) is 42.7 Å². The van der Waals surface area contributed by atoms with Gasteiger partial charge in [-0.1, -0.05) is 6.07 Å². The van der Waals surface area contributed by atoms with Gasteiger partial charge in [0.05, 0.1) is 44.6 Å². The van der Waals surface area contributed by atoms with E-state index in [9.17, 15) is 15.2 Å². The summed E-state index contributed by atoms with van der Waals surface area (Å²) in [5.41, 5.74) is 9.22. The molecule has 3 N–H and O–H groups in total. The third-order valence-electron chi connectivity index (χ3n) is 6.08. The maximum Gasteiger partial charge on any atom is 0.161 e. The van der Waals surface area contributed by atoms with Crippen LogP contribution in [0.1, 0.15) is 30.7 Å². The number of hydrogen-bond donors (Lipinski definition) is 2. The Morgan fingerprint density at radius 1 is 1.06 bits per heavy atom. The molecule has 1 heterocycles. The van der Waals surface area contributed by atoms with Crippen LogP contribution in [0.2, 0.25) is 0 Å². The summed E-state index contributed by atoms with van der Waals surface area (Å²) in [4.78, 5) is 15.0. The number of nitrogens with zero attached hydrogens (tertiary/aromatic N) is 2. The molecule has 0 amide bonds. The van der Waals surface area contributed by atoms with Gasteiger partial charge in [0.25, 0.3) is 0 Å². The average molecular weight is 447 g/mol. The molecule has 170 valence electrons.